The lowest BCUT2D eigenvalue weighted by atomic mass is 10.1. The van der Waals surface area contributed by atoms with Gasteiger partial charge >= 0.3 is 0 Å². The molecule has 0 saturated heterocycles. The fourth-order valence-corrected chi connectivity index (χ4v) is 3.20. The quantitative estimate of drug-likeness (QED) is 0.860. The molecule has 0 spiro atoms. The summed E-state index contributed by atoms with van der Waals surface area (Å²) in [5, 5.41) is 0. The third kappa shape index (κ3) is 4.03. The van der Waals surface area contributed by atoms with Crippen LogP contribution in [0.15, 0.2) is 18.2 Å². The van der Waals surface area contributed by atoms with Gasteiger partial charge in [0.2, 0.25) is 0 Å². The summed E-state index contributed by atoms with van der Waals surface area (Å²) in [6, 6.07) is 6.08. The molecular formula is C17H27FN2. The normalized spacial score (nSPS) is 16.5. The monoisotopic (exact) mass is 278 g/mol. The van der Waals surface area contributed by atoms with Gasteiger partial charge in [0.25, 0.3) is 0 Å². The van der Waals surface area contributed by atoms with Crippen LogP contribution in [0, 0.1) is 11.7 Å². The summed E-state index contributed by atoms with van der Waals surface area (Å²) in [5.74, 6) is 0.470. The standard InChI is InChI=1S/C17H27FN2/c1-13(2)11-20(16-5-3-4-6-16)12-14-7-8-17(18)15(9-14)10-19/h7-9,13,16H,3-6,10-12,19H2,1-2H3. The minimum absolute atomic E-state index is 0.187. The second-order valence-electron chi connectivity index (χ2n) is 6.39. The molecular weight excluding hydrogens is 251 g/mol. The summed E-state index contributed by atoms with van der Waals surface area (Å²) >= 11 is 0. The Balaban J connectivity index is 2.09. The fourth-order valence-electron chi connectivity index (χ4n) is 3.20. The lowest BCUT2D eigenvalue weighted by Crippen LogP contribution is -2.35. The van der Waals surface area contributed by atoms with Crippen LogP contribution < -0.4 is 5.73 Å². The van der Waals surface area contributed by atoms with Crippen LogP contribution in [0.1, 0.15) is 50.7 Å². The second-order valence-corrected chi connectivity index (χ2v) is 6.39. The Labute approximate surface area is 122 Å². The largest absolute Gasteiger partial charge is 0.326 e. The molecule has 0 radical (unpaired) electrons. The number of nitrogens with zero attached hydrogens (tertiary/aromatic N) is 1. The molecule has 1 aliphatic rings. The van der Waals surface area contributed by atoms with Crippen molar-refractivity contribution in [3.05, 3.63) is 35.1 Å². The van der Waals surface area contributed by atoms with E-state index in [0.29, 0.717) is 17.5 Å². The van der Waals surface area contributed by atoms with Gasteiger partial charge in [-0.05, 0) is 30.4 Å². The Hall–Kier alpha value is -0.930. The molecule has 2 N–H and O–H groups in total. The van der Waals surface area contributed by atoms with Crippen LogP contribution in [0.25, 0.3) is 0 Å². The molecule has 20 heavy (non-hydrogen) atoms. The van der Waals surface area contributed by atoms with Crippen molar-refractivity contribution in [2.75, 3.05) is 6.54 Å². The van der Waals surface area contributed by atoms with Gasteiger partial charge in [0.1, 0.15) is 5.82 Å². The lowest BCUT2D eigenvalue weighted by Gasteiger charge is -2.30. The van der Waals surface area contributed by atoms with Crippen LogP contribution >= 0.6 is 0 Å². The maximum atomic E-state index is 13.5. The number of halogens is 1. The summed E-state index contributed by atoms with van der Waals surface area (Å²) < 4.78 is 13.5. The van der Waals surface area contributed by atoms with Gasteiger partial charge in [0.15, 0.2) is 0 Å². The Bertz CT molecular complexity index is 425. The van der Waals surface area contributed by atoms with Gasteiger partial charge in [-0.2, -0.15) is 0 Å². The van der Waals surface area contributed by atoms with Gasteiger partial charge in [-0.25, -0.2) is 4.39 Å². The molecule has 0 unspecified atom stereocenters. The molecule has 112 valence electrons. The Morgan fingerprint density at radius 3 is 2.60 bits per heavy atom. The first-order valence-electron chi connectivity index (χ1n) is 7.81. The van der Waals surface area contributed by atoms with Crippen molar-refractivity contribution < 1.29 is 4.39 Å². The van der Waals surface area contributed by atoms with E-state index in [1.807, 2.05) is 12.1 Å². The van der Waals surface area contributed by atoms with Crippen molar-refractivity contribution in [1.82, 2.24) is 4.90 Å². The van der Waals surface area contributed by atoms with Crippen LogP contribution in [0.5, 0.6) is 0 Å². The SMILES string of the molecule is CC(C)CN(Cc1ccc(F)c(CN)c1)C1CCCC1. The average Bonchev–Trinajstić information content (AvgIpc) is 2.93. The van der Waals surface area contributed by atoms with Crippen molar-refractivity contribution in [2.45, 2.75) is 58.7 Å². The molecule has 0 amide bonds. The molecule has 0 aliphatic heterocycles. The second kappa shape index (κ2) is 7.19. The lowest BCUT2D eigenvalue weighted by molar-refractivity contribution is 0.168. The van der Waals surface area contributed by atoms with Crippen LogP contribution in [0.2, 0.25) is 0 Å². The summed E-state index contributed by atoms with van der Waals surface area (Å²) in [5.41, 5.74) is 7.40. The molecule has 0 heterocycles. The van der Waals surface area contributed by atoms with Crippen molar-refractivity contribution >= 4 is 0 Å². The molecule has 0 atom stereocenters. The molecule has 1 aromatic rings. The zero-order chi connectivity index (χ0) is 14.5. The highest BCUT2D eigenvalue weighted by Gasteiger charge is 2.23. The highest BCUT2D eigenvalue weighted by atomic mass is 19.1. The predicted molar refractivity (Wildman–Crippen MR) is 81.8 cm³/mol. The minimum atomic E-state index is -0.187. The van der Waals surface area contributed by atoms with Gasteiger partial charge in [-0.3, -0.25) is 4.90 Å². The van der Waals surface area contributed by atoms with E-state index < -0.39 is 0 Å². The van der Waals surface area contributed by atoms with E-state index in [9.17, 15) is 4.39 Å². The Morgan fingerprint density at radius 1 is 1.30 bits per heavy atom. The van der Waals surface area contributed by atoms with Crippen LogP contribution in [-0.4, -0.2) is 17.5 Å². The third-order valence-electron chi connectivity index (χ3n) is 4.16. The summed E-state index contributed by atoms with van der Waals surface area (Å²) in [6.45, 7) is 6.82. The van der Waals surface area contributed by atoms with E-state index >= 15 is 0 Å². The molecule has 2 rings (SSSR count). The van der Waals surface area contributed by atoms with Crippen LogP contribution in [0.4, 0.5) is 4.39 Å². The van der Waals surface area contributed by atoms with E-state index in [-0.39, 0.29) is 12.4 Å². The molecule has 1 aliphatic carbocycles. The number of rotatable bonds is 6. The van der Waals surface area contributed by atoms with E-state index in [0.717, 1.165) is 13.1 Å². The Kier molecular flexibility index (Phi) is 5.55. The predicted octanol–water partition coefficient (Wildman–Crippen LogP) is 3.69. The summed E-state index contributed by atoms with van der Waals surface area (Å²) in [7, 11) is 0. The van der Waals surface area contributed by atoms with Gasteiger partial charge in [-0.15, -0.1) is 0 Å². The number of hydrogen-bond acceptors (Lipinski definition) is 2. The maximum Gasteiger partial charge on any atom is 0.127 e. The van der Waals surface area contributed by atoms with Crippen molar-refractivity contribution in [2.24, 2.45) is 11.7 Å². The first-order chi connectivity index (χ1) is 9.60. The third-order valence-corrected chi connectivity index (χ3v) is 4.16. The van der Waals surface area contributed by atoms with Gasteiger partial charge in [0, 0.05) is 31.2 Å². The first-order valence-corrected chi connectivity index (χ1v) is 7.81. The highest BCUT2D eigenvalue weighted by Crippen LogP contribution is 2.26. The number of benzene rings is 1. The fraction of sp³-hybridized carbons (Fsp3) is 0.647. The molecule has 2 nitrogen and oxygen atoms in total. The van der Waals surface area contributed by atoms with E-state index in [2.05, 4.69) is 18.7 Å². The molecule has 1 fully saturated rings. The van der Waals surface area contributed by atoms with E-state index in [1.54, 1.807) is 6.07 Å². The zero-order valence-corrected chi connectivity index (χ0v) is 12.7. The summed E-state index contributed by atoms with van der Waals surface area (Å²) in [6.07, 6.45) is 5.29. The van der Waals surface area contributed by atoms with Gasteiger partial charge in [-0.1, -0.05) is 38.8 Å². The topological polar surface area (TPSA) is 29.3 Å². The molecule has 0 aromatic heterocycles. The van der Waals surface area contributed by atoms with Gasteiger partial charge in [0.05, 0.1) is 0 Å². The minimum Gasteiger partial charge on any atom is -0.326 e. The van der Waals surface area contributed by atoms with Crippen molar-refractivity contribution in [3.63, 3.8) is 0 Å². The first kappa shape index (κ1) is 15.5. The maximum absolute atomic E-state index is 13.5. The van der Waals surface area contributed by atoms with Gasteiger partial charge < -0.3 is 5.73 Å². The molecule has 3 heteroatoms. The Morgan fingerprint density at radius 2 is 2.00 bits per heavy atom. The zero-order valence-electron chi connectivity index (χ0n) is 12.7. The van der Waals surface area contributed by atoms with E-state index in [1.165, 1.54) is 31.2 Å². The average molecular weight is 278 g/mol. The molecule has 1 aromatic carbocycles. The van der Waals surface area contributed by atoms with E-state index in [4.69, 9.17) is 5.73 Å². The summed E-state index contributed by atoms with van der Waals surface area (Å²) in [4.78, 5) is 2.57. The highest BCUT2D eigenvalue weighted by molar-refractivity contribution is 5.25. The smallest absolute Gasteiger partial charge is 0.127 e. The number of hydrogen-bond donors (Lipinski definition) is 1. The van der Waals surface area contributed by atoms with Crippen molar-refractivity contribution in [1.29, 1.82) is 0 Å². The van der Waals surface area contributed by atoms with Crippen LogP contribution in [0.3, 0.4) is 0 Å². The van der Waals surface area contributed by atoms with Crippen molar-refractivity contribution in [3.8, 4) is 0 Å². The number of nitrogens with two attached hydrogens (primary N) is 1. The van der Waals surface area contributed by atoms with Crippen LogP contribution in [-0.2, 0) is 13.1 Å². The molecule has 1 saturated carbocycles. The molecule has 0 bridgehead atoms.